The Hall–Kier alpha value is -1.35. The van der Waals surface area contributed by atoms with Crippen LogP contribution in [0, 0.1) is 0 Å². The van der Waals surface area contributed by atoms with Crippen LogP contribution in [-0.4, -0.2) is 31.6 Å². The molecule has 3 nitrogen and oxygen atoms in total. The standard InChI is InChI=1S/C19H28N2O/c1-15-6-2-3-12-21(15)13-5-11-20-19(22)18-10-9-16-7-4-8-17(16)14-18/h9-10,14-15H,2-8,11-13H2,1H3,(H,20,22)/p+1/t15-/m0/s1. The molecule has 2 atom stereocenters. The molecule has 3 heteroatoms. The summed E-state index contributed by atoms with van der Waals surface area (Å²) in [6, 6.07) is 7.00. The van der Waals surface area contributed by atoms with E-state index in [9.17, 15) is 4.79 Å². The zero-order valence-corrected chi connectivity index (χ0v) is 13.8. The van der Waals surface area contributed by atoms with Crippen molar-refractivity contribution in [1.82, 2.24) is 5.32 Å². The minimum Gasteiger partial charge on any atom is -0.352 e. The van der Waals surface area contributed by atoms with Gasteiger partial charge in [0.15, 0.2) is 0 Å². The van der Waals surface area contributed by atoms with Crippen LogP contribution in [0.25, 0.3) is 0 Å². The van der Waals surface area contributed by atoms with Crippen molar-refractivity contribution in [2.24, 2.45) is 0 Å². The number of aryl methyl sites for hydroxylation is 2. The van der Waals surface area contributed by atoms with Crippen LogP contribution in [0.3, 0.4) is 0 Å². The van der Waals surface area contributed by atoms with Gasteiger partial charge in [0.1, 0.15) is 0 Å². The first-order valence-electron chi connectivity index (χ1n) is 8.98. The maximum Gasteiger partial charge on any atom is 0.251 e. The van der Waals surface area contributed by atoms with Gasteiger partial charge in [-0.1, -0.05) is 6.07 Å². The van der Waals surface area contributed by atoms with Crippen LogP contribution in [0.15, 0.2) is 18.2 Å². The minimum absolute atomic E-state index is 0.0939. The number of hydrogen-bond acceptors (Lipinski definition) is 1. The van der Waals surface area contributed by atoms with Gasteiger partial charge in [0.05, 0.1) is 19.1 Å². The Morgan fingerprint density at radius 2 is 2.09 bits per heavy atom. The summed E-state index contributed by atoms with van der Waals surface area (Å²) in [6.45, 7) is 5.65. The van der Waals surface area contributed by atoms with Crippen LogP contribution in [0.5, 0.6) is 0 Å². The van der Waals surface area contributed by atoms with Gasteiger partial charge >= 0.3 is 0 Å². The summed E-state index contributed by atoms with van der Waals surface area (Å²) in [6.07, 6.45) is 8.73. The fourth-order valence-electron chi connectivity index (χ4n) is 3.96. The van der Waals surface area contributed by atoms with Crippen molar-refractivity contribution in [2.75, 3.05) is 19.6 Å². The minimum atomic E-state index is 0.0939. The lowest BCUT2D eigenvalue weighted by Crippen LogP contribution is -3.16. The van der Waals surface area contributed by atoms with Gasteiger partial charge in [0.2, 0.25) is 0 Å². The maximum absolute atomic E-state index is 12.2. The van der Waals surface area contributed by atoms with Crippen molar-refractivity contribution in [3.63, 3.8) is 0 Å². The highest BCUT2D eigenvalue weighted by Crippen LogP contribution is 2.22. The van der Waals surface area contributed by atoms with Crippen LogP contribution in [0.2, 0.25) is 0 Å². The first-order valence-corrected chi connectivity index (χ1v) is 8.98. The Bertz CT molecular complexity index is 526. The first kappa shape index (κ1) is 15.5. The molecule has 0 radical (unpaired) electrons. The molecular formula is C19H29N2O+. The van der Waals surface area contributed by atoms with E-state index >= 15 is 0 Å². The summed E-state index contributed by atoms with van der Waals surface area (Å²) in [5, 5.41) is 3.09. The van der Waals surface area contributed by atoms with E-state index in [1.807, 2.05) is 6.07 Å². The summed E-state index contributed by atoms with van der Waals surface area (Å²) < 4.78 is 0. The number of nitrogens with one attached hydrogen (secondary N) is 2. The number of quaternary nitrogens is 1. The topological polar surface area (TPSA) is 33.5 Å². The van der Waals surface area contributed by atoms with Gasteiger partial charge in [-0.15, -0.1) is 0 Å². The molecule has 1 heterocycles. The molecule has 1 aliphatic carbocycles. The fourth-order valence-corrected chi connectivity index (χ4v) is 3.96. The van der Waals surface area contributed by atoms with E-state index in [1.54, 1.807) is 4.90 Å². The molecule has 0 aromatic heterocycles. The van der Waals surface area contributed by atoms with Gasteiger partial charge in [0, 0.05) is 18.5 Å². The lowest BCUT2D eigenvalue weighted by Gasteiger charge is -2.30. The van der Waals surface area contributed by atoms with Crippen LogP contribution >= 0.6 is 0 Å². The van der Waals surface area contributed by atoms with E-state index in [4.69, 9.17) is 0 Å². The molecule has 22 heavy (non-hydrogen) atoms. The normalized spacial score (nSPS) is 24.0. The molecule has 3 rings (SSSR count). The molecule has 1 aromatic carbocycles. The average Bonchev–Trinajstić information content (AvgIpc) is 3.00. The van der Waals surface area contributed by atoms with E-state index in [1.165, 1.54) is 56.3 Å². The highest BCUT2D eigenvalue weighted by Gasteiger charge is 2.21. The number of carbonyl (C=O) groups excluding carboxylic acids is 1. The zero-order valence-electron chi connectivity index (χ0n) is 13.8. The highest BCUT2D eigenvalue weighted by atomic mass is 16.1. The quantitative estimate of drug-likeness (QED) is 0.798. The lowest BCUT2D eigenvalue weighted by molar-refractivity contribution is -0.928. The van der Waals surface area contributed by atoms with E-state index < -0.39 is 0 Å². The van der Waals surface area contributed by atoms with Crippen LogP contribution in [-0.2, 0) is 12.8 Å². The molecular weight excluding hydrogens is 272 g/mol. The number of amides is 1. The van der Waals surface area contributed by atoms with Crippen molar-refractivity contribution < 1.29 is 9.69 Å². The molecule has 2 N–H and O–H groups in total. The molecule has 1 fully saturated rings. The second kappa shape index (κ2) is 7.28. The Balaban J connectivity index is 1.42. The number of piperidine rings is 1. The number of hydrogen-bond donors (Lipinski definition) is 2. The molecule has 1 saturated heterocycles. The Labute approximate surface area is 134 Å². The molecule has 120 valence electrons. The number of carbonyl (C=O) groups is 1. The number of fused-ring (bicyclic) bond motifs is 1. The van der Waals surface area contributed by atoms with Crippen molar-refractivity contribution in [2.45, 2.75) is 57.9 Å². The second-order valence-electron chi connectivity index (χ2n) is 7.00. The number of benzene rings is 1. The predicted molar refractivity (Wildman–Crippen MR) is 89.4 cm³/mol. The fraction of sp³-hybridized carbons (Fsp3) is 0.632. The van der Waals surface area contributed by atoms with Crippen LogP contribution in [0.4, 0.5) is 0 Å². The average molecular weight is 301 g/mol. The van der Waals surface area contributed by atoms with Gasteiger partial charge < -0.3 is 10.2 Å². The van der Waals surface area contributed by atoms with E-state index in [0.717, 1.165) is 31.0 Å². The summed E-state index contributed by atoms with van der Waals surface area (Å²) in [4.78, 5) is 14.0. The predicted octanol–water partition coefficient (Wildman–Crippen LogP) is 1.75. The molecule has 1 aliphatic heterocycles. The molecule has 1 unspecified atom stereocenters. The monoisotopic (exact) mass is 301 g/mol. The van der Waals surface area contributed by atoms with Crippen LogP contribution < -0.4 is 10.2 Å². The lowest BCUT2D eigenvalue weighted by atomic mass is 10.0. The van der Waals surface area contributed by atoms with Crippen LogP contribution in [0.1, 0.15) is 60.5 Å². The Morgan fingerprint density at radius 3 is 2.95 bits per heavy atom. The molecule has 0 spiro atoms. The third-order valence-electron chi connectivity index (χ3n) is 5.40. The number of likely N-dealkylation sites (tertiary alicyclic amines) is 1. The van der Waals surface area contributed by atoms with Gasteiger partial charge in [-0.3, -0.25) is 4.79 Å². The van der Waals surface area contributed by atoms with Crippen molar-refractivity contribution in [3.05, 3.63) is 34.9 Å². The Morgan fingerprint density at radius 1 is 1.23 bits per heavy atom. The van der Waals surface area contributed by atoms with Gasteiger partial charge in [-0.2, -0.15) is 0 Å². The highest BCUT2D eigenvalue weighted by molar-refractivity contribution is 5.94. The van der Waals surface area contributed by atoms with Gasteiger partial charge in [0.25, 0.3) is 5.91 Å². The first-order chi connectivity index (χ1) is 10.7. The van der Waals surface area contributed by atoms with Crippen molar-refractivity contribution in [3.8, 4) is 0 Å². The third kappa shape index (κ3) is 3.70. The molecule has 2 aliphatic rings. The largest absolute Gasteiger partial charge is 0.352 e. The Kier molecular flexibility index (Phi) is 5.14. The zero-order chi connectivity index (χ0) is 15.4. The van der Waals surface area contributed by atoms with E-state index in [0.29, 0.717) is 0 Å². The summed E-state index contributed by atoms with van der Waals surface area (Å²) >= 11 is 0. The SMILES string of the molecule is C[C@H]1CCCC[NH+]1CCCNC(=O)c1ccc2c(c1)CCC2. The smallest absolute Gasteiger partial charge is 0.251 e. The maximum atomic E-state index is 12.2. The summed E-state index contributed by atoms with van der Waals surface area (Å²) in [7, 11) is 0. The van der Waals surface area contributed by atoms with Gasteiger partial charge in [-0.25, -0.2) is 0 Å². The van der Waals surface area contributed by atoms with E-state index in [2.05, 4.69) is 24.4 Å². The van der Waals surface area contributed by atoms with E-state index in [-0.39, 0.29) is 5.91 Å². The third-order valence-corrected chi connectivity index (χ3v) is 5.40. The number of rotatable bonds is 5. The molecule has 1 amide bonds. The second-order valence-corrected chi connectivity index (χ2v) is 7.00. The molecule has 1 aromatic rings. The molecule has 0 saturated carbocycles. The van der Waals surface area contributed by atoms with Crippen molar-refractivity contribution >= 4 is 5.91 Å². The molecule has 0 bridgehead atoms. The van der Waals surface area contributed by atoms with Crippen molar-refractivity contribution in [1.29, 1.82) is 0 Å². The summed E-state index contributed by atoms with van der Waals surface area (Å²) in [5.74, 6) is 0.0939. The summed E-state index contributed by atoms with van der Waals surface area (Å²) in [5.41, 5.74) is 3.64. The van der Waals surface area contributed by atoms with Gasteiger partial charge in [-0.05, 0) is 68.7 Å².